The summed E-state index contributed by atoms with van der Waals surface area (Å²) in [5.41, 5.74) is 0.756. The van der Waals surface area contributed by atoms with Crippen molar-refractivity contribution in [2.75, 3.05) is 5.32 Å². The Balaban J connectivity index is 0.00000216. The molecule has 0 spiro atoms. The Morgan fingerprint density at radius 1 is 1.03 bits per heavy atom. The molecule has 0 fully saturated rings. The van der Waals surface area contributed by atoms with Crippen LogP contribution in [0.15, 0.2) is 59.0 Å². The Labute approximate surface area is 241 Å². The van der Waals surface area contributed by atoms with E-state index < -0.39 is 24.4 Å². The summed E-state index contributed by atoms with van der Waals surface area (Å²) in [7, 11) is -5.18. The number of nitro groups is 1. The number of benzene rings is 2. The fourth-order valence-corrected chi connectivity index (χ4v) is 3.22. The van der Waals surface area contributed by atoms with Gasteiger partial charge < -0.3 is 28.6 Å². The maximum atomic E-state index is 13.8. The summed E-state index contributed by atoms with van der Waals surface area (Å²) < 4.78 is 33.8. The van der Waals surface area contributed by atoms with Crippen molar-refractivity contribution in [1.29, 1.82) is 0 Å². The Kier molecular flexibility index (Phi) is 10.2. The van der Waals surface area contributed by atoms with Gasteiger partial charge in [0.1, 0.15) is 35.9 Å². The first kappa shape index (κ1) is 29.1. The number of furan rings is 1. The number of hydrogen-bond donors (Lipinski definition) is 1. The van der Waals surface area contributed by atoms with Crippen LogP contribution in [-0.4, -0.2) is 14.9 Å². The van der Waals surface area contributed by atoms with E-state index >= 15 is 0 Å². The van der Waals surface area contributed by atoms with Crippen molar-refractivity contribution in [3.8, 4) is 5.75 Å². The van der Waals surface area contributed by atoms with Crippen molar-refractivity contribution in [1.82, 2.24) is 9.97 Å². The van der Waals surface area contributed by atoms with E-state index in [1.165, 1.54) is 66.7 Å². The van der Waals surface area contributed by atoms with E-state index in [4.69, 9.17) is 4.42 Å². The van der Waals surface area contributed by atoms with E-state index in [-0.39, 0.29) is 82.0 Å². The molecule has 0 aliphatic heterocycles. The molecule has 0 aliphatic carbocycles. The third-order valence-corrected chi connectivity index (χ3v) is 4.63. The second-order valence-corrected chi connectivity index (χ2v) is 7.62. The molecule has 0 unspecified atom stereocenters. The molecule has 11 nitrogen and oxygen atoms in total. The normalized spacial score (nSPS) is 11.1. The summed E-state index contributed by atoms with van der Waals surface area (Å²) in [6, 6.07) is 12.0. The van der Waals surface area contributed by atoms with Crippen LogP contribution in [-0.2, 0) is 4.57 Å². The Morgan fingerprint density at radius 2 is 1.74 bits per heavy atom. The largest absolute Gasteiger partial charge is 1.00 e. The standard InChI is InChI=1S/C20H14FN4O7P.2Na/c21-12-1-8-16-17(11-12)23-18(9-6-14-7-10-19(31-14)25(26)27)24-20(16)22-13-2-4-15(5-3-13)32-33(28,29)30;;/h1-11H,(H,22,23,24)(H2,28,29,30);;/q;2*+1/p-2/b9-6+;;. The van der Waals surface area contributed by atoms with Gasteiger partial charge in [0.05, 0.1) is 11.6 Å². The molecule has 0 atom stereocenters. The molecule has 4 rings (SSSR count). The van der Waals surface area contributed by atoms with Gasteiger partial charge in [0, 0.05) is 17.1 Å². The van der Waals surface area contributed by atoms with E-state index in [0.717, 1.165) is 0 Å². The second kappa shape index (κ2) is 12.2. The molecule has 1 N–H and O–H groups in total. The molecule has 0 saturated heterocycles. The van der Waals surface area contributed by atoms with Gasteiger partial charge in [-0.25, -0.2) is 14.4 Å². The van der Waals surface area contributed by atoms with Crippen molar-refractivity contribution in [3.05, 3.63) is 82.1 Å². The molecule has 0 radical (unpaired) electrons. The number of aromatic nitrogens is 2. The van der Waals surface area contributed by atoms with E-state index in [9.17, 15) is 28.9 Å². The van der Waals surface area contributed by atoms with Crippen molar-refractivity contribution in [2.24, 2.45) is 0 Å². The third kappa shape index (κ3) is 7.94. The first-order chi connectivity index (χ1) is 15.7. The van der Waals surface area contributed by atoms with Gasteiger partial charge in [-0.05, 0) is 54.6 Å². The Morgan fingerprint density at radius 3 is 2.37 bits per heavy atom. The molecule has 2 heterocycles. The topological polar surface area (TPSA) is 167 Å². The number of nitrogens with zero attached hydrogens (tertiary/aromatic N) is 3. The molecule has 0 saturated carbocycles. The number of hydrogen-bond acceptors (Lipinski definition) is 10. The van der Waals surface area contributed by atoms with Crippen LogP contribution in [0.4, 0.5) is 21.8 Å². The fraction of sp³-hybridized carbons (Fsp3) is 0. The molecule has 15 heteroatoms. The van der Waals surface area contributed by atoms with Crippen LogP contribution in [0.1, 0.15) is 11.6 Å². The summed E-state index contributed by atoms with van der Waals surface area (Å²) in [6.07, 6.45) is 2.86. The van der Waals surface area contributed by atoms with E-state index in [1.54, 1.807) is 0 Å². The van der Waals surface area contributed by atoms with Gasteiger partial charge in [0.25, 0.3) is 0 Å². The maximum Gasteiger partial charge on any atom is 1.00 e. The summed E-state index contributed by atoms with van der Waals surface area (Å²) in [5.74, 6) is -0.421. The molecule has 4 aromatic rings. The van der Waals surface area contributed by atoms with E-state index in [2.05, 4.69) is 19.8 Å². The molecule has 0 bridgehead atoms. The minimum Gasteiger partial charge on any atom is -0.780 e. The number of rotatable bonds is 7. The average molecular weight is 516 g/mol. The van der Waals surface area contributed by atoms with Gasteiger partial charge in [-0.1, -0.05) is 0 Å². The fourth-order valence-electron chi connectivity index (χ4n) is 2.84. The number of halogens is 1. The third-order valence-electron chi connectivity index (χ3n) is 4.20. The Hall–Kier alpha value is -2.12. The van der Waals surface area contributed by atoms with Crippen LogP contribution in [0.2, 0.25) is 0 Å². The van der Waals surface area contributed by atoms with Crippen LogP contribution in [0.3, 0.4) is 0 Å². The van der Waals surface area contributed by atoms with E-state index in [1.807, 2.05) is 0 Å². The van der Waals surface area contributed by atoms with Gasteiger partial charge in [0.15, 0.2) is 5.82 Å². The molecule has 168 valence electrons. The molecule has 0 amide bonds. The zero-order chi connectivity index (χ0) is 23.6. The van der Waals surface area contributed by atoms with Crippen molar-refractivity contribution in [3.63, 3.8) is 0 Å². The van der Waals surface area contributed by atoms with Crippen LogP contribution in [0.5, 0.6) is 5.75 Å². The molecular formula is C20H12FN4Na2O7P. The quantitative estimate of drug-likeness (QED) is 0.119. The summed E-state index contributed by atoms with van der Waals surface area (Å²) in [4.78, 5) is 40.2. The summed E-state index contributed by atoms with van der Waals surface area (Å²) in [6.45, 7) is 0. The average Bonchev–Trinajstić information content (AvgIpc) is 3.22. The SMILES string of the molecule is O=[N+]([O-])c1ccc(/C=C/c2nc(Nc3ccc(OP(=O)([O-])[O-])cc3)c3ccc(F)cc3n2)o1.[Na+].[Na+]. The minimum absolute atomic E-state index is 0. The van der Waals surface area contributed by atoms with Gasteiger partial charge in [-0.3, -0.25) is 10.1 Å². The minimum atomic E-state index is -5.18. The zero-order valence-corrected chi connectivity index (χ0v) is 23.3. The zero-order valence-electron chi connectivity index (χ0n) is 18.4. The van der Waals surface area contributed by atoms with Crippen LogP contribution < -0.4 is 78.7 Å². The van der Waals surface area contributed by atoms with Crippen molar-refractivity contribution in [2.45, 2.75) is 0 Å². The number of fused-ring (bicyclic) bond motifs is 1. The number of nitrogens with one attached hydrogen (secondary N) is 1. The second-order valence-electron chi connectivity index (χ2n) is 6.55. The van der Waals surface area contributed by atoms with E-state index in [0.29, 0.717) is 16.9 Å². The molecule has 2 aromatic carbocycles. The molecular weight excluding hydrogens is 504 g/mol. The number of anilines is 2. The molecule has 2 aromatic heterocycles. The number of phosphoric acid groups is 1. The predicted octanol–water partition coefficient (Wildman–Crippen LogP) is -2.60. The Bertz CT molecular complexity index is 1430. The van der Waals surface area contributed by atoms with Crippen LogP contribution >= 0.6 is 7.82 Å². The smallest absolute Gasteiger partial charge is 0.780 e. The first-order valence-electron chi connectivity index (χ1n) is 9.15. The van der Waals surface area contributed by atoms with Crippen molar-refractivity contribution >= 4 is 48.3 Å². The van der Waals surface area contributed by atoms with Gasteiger partial charge in [0.2, 0.25) is 0 Å². The number of phosphoric ester groups is 1. The van der Waals surface area contributed by atoms with Gasteiger partial charge >= 0.3 is 65.0 Å². The predicted molar refractivity (Wildman–Crippen MR) is 112 cm³/mol. The van der Waals surface area contributed by atoms with Gasteiger partial charge in [-0.2, -0.15) is 0 Å². The van der Waals surface area contributed by atoms with Crippen LogP contribution in [0.25, 0.3) is 23.1 Å². The first-order valence-corrected chi connectivity index (χ1v) is 10.6. The van der Waals surface area contributed by atoms with Crippen molar-refractivity contribution < 1.29 is 91.7 Å². The maximum absolute atomic E-state index is 13.8. The van der Waals surface area contributed by atoms with Crippen LogP contribution in [0, 0.1) is 15.9 Å². The van der Waals surface area contributed by atoms with Gasteiger partial charge in [-0.15, -0.1) is 0 Å². The summed E-state index contributed by atoms with van der Waals surface area (Å²) in [5, 5.41) is 14.2. The molecule has 35 heavy (non-hydrogen) atoms. The molecule has 0 aliphatic rings. The monoisotopic (exact) mass is 516 g/mol. The summed E-state index contributed by atoms with van der Waals surface area (Å²) >= 11 is 0.